The second-order valence-corrected chi connectivity index (χ2v) is 5.50. The number of hydrogen-bond donors (Lipinski definition) is 2. The van der Waals surface area contributed by atoms with Gasteiger partial charge >= 0.3 is 0 Å². The minimum absolute atomic E-state index is 0.215. The summed E-state index contributed by atoms with van der Waals surface area (Å²) >= 11 is 0. The summed E-state index contributed by atoms with van der Waals surface area (Å²) in [6.07, 6.45) is 0. The fourth-order valence-electron chi connectivity index (χ4n) is 1.45. The molecule has 0 rings (SSSR count). The third-order valence-corrected chi connectivity index (χ3v) is 2.49. The van der Waals surface area contributed by atoms with Gasteiger partial charge in [-0.25, -0.2) is 0 Å². The van der Waals surface area contributed by atoms with Crippen LogP contribution >= 0.6 is 0 Å². The van der Waals surface area contributed by atoms with Gasteiger partial charge in [-0.1, -0.05) is 13.8 Å². The van der Waals surface area contributed by atoms with Gasteiger partial charge in [0.2, 0.25) is 0 Å². The van der Waals surface area contributed by atoms with Gasteiger partial charge < -0.3 is 15.1 Å². The quantitative estimate of drug-likeness (QED) is 0.703. The fourth-order valence-corrected chi connectivity index (χ4v) is 1.45. The zero-order chi connectivity index (χ0) is 11.6. The topological polar surface area (TPSA) is 43.7 Å². The summed E-state index contributed by atoms with van der Waals surface area (Å²) in [4.78, 5) is 1.96. The first kappa shape index (κ1) is 13.9. The number of aliphatic hydroxyl groups is 2. The highest BCUT2D eigenvalue weighted by molar-refractivity contribution is 4.81. The maximum absolute atomic E-state index is 10.0. The van der Waals surface area contributed by atoms with Crippen molar-refractivity contribution < 1.29 is 10.2 Å². The summed E-state index contributed by atoms with van der Waals surface area (Å²) in [6, 6.07) is 0. The monoisotopic (exact) mass is 203 g/mol. The van der Waals surface area contributed by atoms with E-state index in [1.165, 1.54) is 0 Å². The molecule has 0 heterocycles. The molecule has 1 unspecified atom stereocenters. The van der Waals surface area contributed by atoms with Gasteiger partial charge in [0.1, 0.15) is 0 Å². The highest BCUT2D eigenvalue weighted by Gasteiger charge is 2.28. The van der Waals surface area contributed by atoms with Crippen LogP contribution in [0.1, 0.15) is 34.6 Å². The predicted octanol–water partition coefficient (Wildman–Crippen LogP) is 1.10. The van der Waals surface area contributed by atoms with Gasteiger partial charge in [0.25, 0.3) is 0 Å². The lowest BCUT2D eigenvalue weighted by Gasteiger charge is -2.34. The van der Waals surface area contributed by atoms with Gasteiger partial charge in [-0.15, -0.1) is 0 Å². The van der Waals surface area contributed by atoms with Crippen molar-refractivity contribution in [3.63, 3.8) is 0 Å². The van der Waals surface area contributed by atoms with Gasteiger partial charge in [0.05, 0.1) is 11.2 Å². The molecule has 0 aliphatic heterocycles. The summed E-state index contributed by atoms with van der Waals surface area (Å²) in [5.41, 5.74) is -1.40. The molecule has 0 aromatic carbocycles. The zero-order valence-corrected chi connectivity index (χ0v) is 10.3. The third kappa shape index (κ3) is 5.58. The molecule has 86 valence electrons. The Bertz CT molecular complexity index is 171. The molecule has 0 aromatic rings. The van der Waals surface area contributed by atoms with Crippen molar-refractivity contribution in [1.29, 1.82) is 0 Å². The highest BCUT2D eigenvalue weighted by atomic mass is 16.3. The molecule has 14 heavy (non-hydrogen) atoms. The Balaban J connectivity index is 4.12. The Hall–Kier alpha value is -0.120. The first-order valence-electron chi connectivity index (χ1n) is 5.18. The third-order valence-electron chi connectivity index (χ3n) is 2.49. The molecule has 2 N–H and O–H groups in total. The molecule has 0 fully saturated rings. The van der Waals surface area contributed by atoms with Crippen LogP contribution in [0, 0.1) is 5.92 Å². The molecule has 3 heteroatoms. The van der Waals surface area contributed by atoms with E-state index in [2.05, 4.69) is 0 Å². The van der Waals surface area contributed by atoms with E-state index < -0.39 is 11.2 Å². The second-order valence-electron chi connectivity index (χ2n) is 5.50. The van der Waals surface area contributed by atoms with Gasteiger partial charge in [-0.2, -0.15) is 0 Å². The van der Waals surface area contributed by atoms with Crippen LogP contribution in [0.4, 0.5) is 0 Å². The van der Waals surface area contributed by atoms with Gasteiger partial charge in [-0.05, 0) is 33.7 Å². The maximum Gasteiger partial charge on any atom is 0.0768 e. The lowest BCUT2D eigenvalue weighted by atomic mass is 9.92. The Morgan fingerprint density at radius 2 is 1.50 bits per heavy atom. The van der Waals surface area contributed by atoms with Crippen molar-refractivity contribution in [3.8, 4) is 0 Å². The molecule has 3 nitrogen and oxygen atoms in total. The first-order valence-corrected chi connectivity index (χ1v) is 5.18. The lowest BCUT2D eigenvalue weighted by Crippen LogP contribution is -2.47. The average molecular weight is 203 g/mol. The Morgan fingerprint density at radius 1 is 1.07 bits per heavy atom. The fraction of sp³-hybridized carbons (Fsp3) is 1.00. The molecule has 0 radical (unpaired) electrons. The van der Waals surface area contributed by atoms with Crippen LogP contribution in [0.3, 0.4) is 0 Å². The Labute approximate surface area is 87.7 Å². The normalized spacial score (nSPS) is 17.6. The maximum atomic E-state index is 10.0. The zero-order valence-electron chi connectivity index (χ0n) is 10.3. The van der Waals surface area contributed by atoms with E-state index in [1.807, 2.05) is 32.7 Å². The van der Waals surface area contributed by atoms with E-state index in [0.29, 0.717) is 13.1 Å². The van der Waals surface area contributed by atoms with Crippen molar-refractivity contribution in [3.05, 3.63) is 0 Å². The molecule has 1 atom stereocenters. The molecule has 0 bridgehead atoms. The van der Waals surface area contributed by atoms with Crippen LogP contribution in [0.25, 0.3) is 0 Å². The van der Waals surface area contributed by atoms with E-state index in [9.17, 15) is 10.2 Å². The van der Waals surface area contributed by atoms with E-state index in [-0.39, 0.29) is 5.92 Å². The number of rotatable bonds is 5. The van der Waals surface area contributed by atoms with Crippen molar-refractivity contribution in [2.24, 2.45) is 5.92 Å². The van der Waals surface area contributed by atoms with Crippen LogP contribution < -0.4 is 0 Å². The van der Waals surface area contributed by atoms with E-state index >= 15 is 0 Å². The predicted molar refractivity (Wildman–Crippen MR) is 59.3 cm³/mol. The van der Waals surface area contributed by atoms with Crippen molar-refractivity contribution in [1.82, 2.24) is 4.90 Å². The molecular weight excluding hydrogens is 178 g/mol. The van der Waals surface area contributed by atoms with Gasteiger partial charge in [0.15, 0.2) is 0 Å². The van der Waals surface area contributed by atoms with Gasteiger partial charge in [-0.3, -0.25) is 0 Å². The van der Waals surface area contributed by atoms with Crippen molar-refractivity contribution in [2.75, 3.05) is 20.1 Å². The molecule has 0 saturated carbocycles. The largest absolute Gasteiger partial charge is 0.389 e. The minimum Gasteiger partial charge on any atom is -0.389 e. The summed E-state index contributed by atoms with van der Waals surface area (Å²) in [6.45, 7) is 10.5. The molecule has 0 aromatic heterocycles. The smallest absolute Gasteiger partial charge is 0.0768 e. The Kier molecular flexibility index (Phi) is 4.56. The SMILES string of the molecule is CC(C)C(C)(O)CN(C)CC(C)(C)O. The average Bonchev–Trinajstić information content (AvgIpc) is 1.79. The summed E-state index contributed by atoms with van der Waals surface area (Å²) in [5, 5.41) is 19.6. The number of nitrogens with zero attached hydrogens (tertiary/aromatic N) is 1. The van der Waals surface area contributed by atoms with Crippen molar-refractivity contribution >= 4 is 0 Å². The summed E-state index contributed by atoms with van der Waals surface area (Å²) in [7, 11) is 1.91. The van der Waals surface area contributed by atoms with Crippen LogP contribution in [0.2, 0.25) is 0 Å². The van der Waals surface area contributed by atoms with Gasteiger partial charge in [0, 0.05) is 13.1 Å². The van der Waals surface area contributed by atoms with E-state index in [4.69, 9.17) is 0 Å². The minimum atomic E-state index is -0.707. The lowest BCUT2D eigenvalue weighted by molar-refractivity contribution is -0.0326. The standard InChI is InChI=1S/C11H25NO2/c1-9(2)11(5,14)8-12(6)7-10(3,4)13/h9,13-14H,7-8H2,1-6H3. The molecular formula is C11H25NO2. The van der Waals surface area contributed by atoms with Crippen LogP contribution in [-0.4, -0.2) is 46.5 Å². The molecule has 0 aliphatic carbocycles. The Morgan fingerprint density at radius 3 is 1.79 bits per heavy atom. The molecule has 0 saturated heterocycles. The molecule has 0 amide bonds. The van der Waals surface area contributed by atoms with E-state index in [0.717, 1.165) is 0 Å². The van der Waals surface area contributed by atoms with Crippen LogP contribution in [0.15, 0.2) is 0 Å². The van der Waals surface area contributed by atoms with Crippen LogP contribution in [0.5, 0.6) is 0 Å². The second kappa shape index (κ2) is 4.60. The van der Waals surface area contributed by atoms with Crippen LogP contribution in [-0.2, 0) is 0 Å². The molecule has 0 aliphatic rings. The molecule has 0 spiro atoms. The van der Waals surface area contributed by atoms with E-state index in [1.54, 1.807) is 13.8 Å². The van der Waals surface area contributed by atoms with Crippen molar-refractivity contribution in [2.45, 2.75) is 45.8 Å². The highest BCUT2D eigenvalue weighted by Crippen LogP contribution is 2.17. The summed E-state index contributed by atoms with van der Waals surface area (Å²) in [5.74, 6) is 0.215. The first-order chi connectivity index (χ1) is 6.04. The number of likely N-dealkylation sites (N-methyl/N-ethyl adjacent to an activating group) is 1. The number of hydrogen-bond acceptors (Lipinski definition) is 3. The summed E-state index contributed by atoms with van der Waals surface area (Å²) < 4.78 is 0.